The van der Waals surface area contributed by atoms with Crippen molar-refractivity contribution in [2.75, 3.05) is 0 Å². The Morgan fingerprint density at radius 3 is 2.60 bits per heavy atom. The number of aliphatic hydroxyl groups excluding tert-OH is 1. The molecule has 0 aromatic carbocycles. The van der Waals surface area contributed by atoms with E-state index in [1.54, 1.807) is 10.8 Å². The zero-order chi connectivity index (χ0) is 11.0. The van der Waals surface area contributed by atoms with Crippen LogP contribution in [0.15, 0.2) is 15.8 Å². The topological polar surface area (TPSA) is 64.2 Å². The van der Waals surface area contributed by atoms with Gasteiger partial charge in [-0.25, -0.2) is 9.36 Å². The molecule has 1 aliphatic rings. The van der Waals surface area contributed by atoms with Crippen molar-refractivity contribution < 1.29 is 5.11 Å². The summed E-state index contributed by atoms with van der Waals surface area (Å²) in [6.45, 7) is -0.554. The molecule has 1 N–H and O–H groups in total. The third-order valence-electron chi connectivity index (χ3n) is 2.76. The molecule has 0 aliphatic heterocycles. The van der Waals surface area contributed by atoms with Gasteiger partial charge in [-0.3, -0.25) is 9.36 Å². The summed E-state index contributed by atoms with van der Waals surface area (Å²) >= 11 is 1.89. The second-order valence-corrected chi connectivity index (χ2v) is 4.79. The molecule has 15 heavy (non-hydrogen) atoms. The lowest BCUT2D eigenvalue weighted by Crippen LogP contribution is -2.43. The van der Waals surface area contributed by atoms with Crippen LogP contribution in [0.25, 0.3) is 0 Å². The maximum Gasteiger partial charge on any atom is 0.333 e. The van der Waals surface area contributed by atoms with Crippen LogP contribution in [0.4, 0.5) is 0 Å². The van der Waals surface area contributed by atoms with Gasteiger partial charge in [0.25, 0.3) is 5.56 Å². The summed E-state index contributed by atoms with van der Waals surface area (Å²) in [7, 11) is 0. The van der Waals surface area contributed by atoms with Crippen LogP contribution in [-0.4, -0.2) is 14.2 Å². The largest absolute Gasteiger partial charge is 0.376 e. The highest BCUT2D eigenvalue weighted by atomic mass is 127. The smallest absolute Gasteiger partial charge is 0.333 e. The third kappa shape index (κ3) is 1.76. The lowest BCUT2D eigenvalue weighted by Gasteiger charge is -2.27. The van der Waals surface area contributed by atoms with Crippen LogP contribution in [0, 0.1) is 3.57 Å². The number of hydrogen-bond acceptors (Lipinski definition) is 3. The molecule has 0 spiro atoms. The van der Waals surface area contributed by atoms with Gasteiger partial charge in [-0.05, 0) is 41.9 Å². The first-order valence-corrected chi connectivity index (χ1v) is 5.85. The number of rotatable bonds is 2. The van der Waals surface area contributed by atoms with Crippen molar-refractivity contribution in [2.24, 2.45) is 0 Å². The number of aromatic nitrogens is 2. The summed E-state index contributed by atoms with van der Waals surface area (Å²) in [6.07, 6.45) is 4.65. The highest BCUT2D eigenvalue weighted by molar-refractivity contribution is 14.1. The first kappa shape index (κ1) is 10.9. The van der Waals surface area contributed by atoms with Crippen molar-refractivity contribution in [1.29, 1.82) is 0 Å². The molecule has 82 valence electrons. The predicted molar refractivity (Wildman–Crippen MR) is 62.8 cm³/mol. The minimum absolute atomic E-state index is 0.199. The maximum atomic E-state index is 11.8. The van der Waals surface area contributed by atoms with E-state index in [2.05, 4.69) is 0 Å². The van der Waals surface area contributed by atoms with Crippen LogP contribution >= 0.6 is 22.6 Å². The Morgan fingerprint density at radius 1 is 1.47 bits per heavy atom. The van der Waals surface area contributed by atoms with Crippen molar-refractivity contribution in [2.45, 2.75) is 32.0 Å². The van der Waals surface area contributed by atoms with Crippen LogP contribution in [-0.2, 0) is 6.73 Å². The first-order valence-electron chi connectivity index (χ1n) is 4.77. The molecular weight excluding hydrogens is 311 g/mol. The van der Waals surface area contributed by atoms with Gasteiger partial charge < -0.3 is 5.11 Å². The molecular formula is C9H11IN2O3. The number of aliphatic hydroxyl groups is 1. The second-order valence-electron chi connectivity index (χ2n) is 3.63. The Hall–Kier alpha value is -0.630. The summed E-state index contributed by atoms with van der Waals surface area (Å²) < 4.78 is 2.89. The van der Waals surface area contributed by atoms with Crippen LogP contribution in [0.3, 0.4) is 0 Å². The lowest BCUT2D eigenvalue weighted by atomic mass is 9.93. The molecule has 0 unspecified atom stereocenters. The fourth-order valence-corrected chi connectivity index (χ4v) is 2.23. The quantitative estimate of drug-likeness (QED) is 0.796. The zero-order valence-corrected chi connectivity index (χ0v) is 10.2. The summed E-state index contributed by atoms with van der Waals surface area (Å²) in [5, 5.41) is 8.97. The van der Waals surface area contributed by atoms with E-state index in [1.807, 2.05) is 22.6 Å². The Bertz CT molecular complexity index is 487. The van der Waals surface area contributed by atoms with E-state index in [9.17, 15) is 9.59 Å². The Kier molecular flexibility index (Phi) is 2.96. The van der Waals surface area contributed by atoms with Gasteiger partial charge in [0.2, 0.25) is 0 Å². The average molecular weight is 322 g/mol. The number of halogens is 1. The number of nitrogens with zero attached hydrogens (tertiary/aromatic N) is 2. The highest BCUT2D eigenvalue weighted by Crippen LogP contribution is 2.29. The van der Waals surface area contributed by atoms with E-state index >= 15 is 0 Å². The van der Waals surface area contributed by atoms with E-state index < -0.39 is 18.0 Å². The molecule has 0 amide bonds. The van der Waals surface area contributed by atoms with Gasteiger partial charge in [-0.2, -0.15) is 0 Å². The molecule has 0 radical (unpaired) electrons. The molecule has 1 aromatic rings. The lowest BCUT2D eigenvalue weighted by molar-refractivity contribution is 0.190. The fourth-order valence-electron chi connectivity index (χ4n) is 1.64. The van der Waals surface area contributed by atoms with Gasteiger partial charge in [0.05, 0.1) is 3.57 Å². The monoisotopic (exact) mass is 322 g/mol. The SMILES string of the molecule is O=c1c(I)cn(C2CCC2)c(=O)n1CO. The predicted octanol–water partition coefficient (Wildman–Crippen LogP) is 0.289. The van der Waals surface area contributed by atoms with E-state index in [4.69, 9.17) is 5.11 Å². The van der Waals surface area contributed by atoms with Gasteiger partial charge in [-0.1, -0.05) is 0 Å². The molecule has 1 aliphatic carbocycles. The van der Waals surface area contributed by atoms with Gasteiger partial charge in [0.15, 0.2) is 0 Å². The Morgan fingerprint density at radius 2 is 2.13 bits per heavy atom. The molecule has 0 bridgehead atoms. The molecule has 1 aromatic heterocycles. The molecule has 2 rings (SSSR count). The third-order valence-corrected chi connectivity index (χ3v) is 3.50. The van der Waals surface area contributed by atoms with Crippen LogP contribution < -0.4 is 11.2 Å². The second kappa shape index (κ2) is 4.09. The molecule has 0 saturated heterocycles. The summed E-state index contributed by atoms with van der Waals surface area (Å²) in [6, 6.07) is 0.199. The molecule has 1 heterocycles. The Labute approximate surface area is 99.5 Å². The van der Waals surface area contributed by atoms with Crippen LogP contribution in [0.2, 0.25) is 0 Å². The average Bonchev–Trinajstić information content (AvgIpc) is 2.12. The molecule has 0 atom stereocenters. The minimum Gasteiger partial charge on any atom is -0.376 e. The van der Waals surface area contributed by atoms with Crippen molar-refractivity contribution in [3.05, 3.63) is 30.6 Å². The van der Waals surface area contributed by atoms with Crippen molar-refractivity contribution in [3.63, 3.8) is 0 Å². The van der Waals surface area contributed by atoms with Crippen LogP contribution in [0.1, 0.15) is 25.3 Å². The van der Waals surface area contributed by atoms with Gasteiger partial charge in [0.1, 0.15) is 6.73 Å². The maximum absolute atomic E-state index is 11.8. The standard InChI is InChI=1S/C9H11IN2O3/c10-7-4-11(6-2-1-3-6)9(15)12(5-13)8(7)14/h4,6,13H,1-3,5H2. The summed E-state index contributed by atoms with van der Waals surface area (Å²) in [4.78, 5) is 23.3. The van der Waals surface area contributed by atoms with Crippen molar-refractivity contribution in [3.8, 4) is 0 Å². The summed E-state index contributed by atoms with van der Waals surface area (Å²) in [5.41, 5.74) is -0.828. The van der Waals surface area contributed by atoms with E-state index in [0.717, 1.165) is 23.8 Å². The van der Waals surface area contributed by atoms with E-state index in [-0.39, 0.29) is 6.04 Å². The van der Waals surface area contributed by atoms with Gasteiger partial charge in [-0.15, -0.1) is 0 Å². The normalized spacial score (nSPS) is 16.4. The van der Waals surface area contributed by atoms with Gasteiger partial charge in [0, 0.05) is 12.2 Å². The highest BCUT2D eigenvalue weighted by Gasteiger charge is 2.22. The van der Waals surface area contributed by atoms with E-state index in [1.165, 1.54) is 0 Å². The van der Waals surface area contributed by atoms with Crippen molar-refractivity contribution in [1.82, 2.24) is 9.13 Å². The molecule has 1 fully saturated rings. The van der Waals surface area contributed by atoms with Gasteiger partial charge >= 0.3 is 5.69 Å². The number of hydrogen-bond donors (Lipinski definition) is 1. The molecule has 1 saturated carbocycles. The minimum atomic E-state index is -0.554. The molecule has 5 nitrogen and oxygen atoms in total. The summed E-state index contributed by atoms with van der Waals surface area (Å²) in [5.74, 6) is 0. The molecule has 6 heteroatoms. The van der Waals surface area contributed by atoms with E-state index in [0.29, 0.717) is 3.57 Å². The van der Waals surface area contributed by atoms with Crippen molar-refractivity contribution >= 4 is 22.6 Å². The zero-order valence-electron chi connectivity index (χ0n) is 8.02. The Balaban J connectivity index is 2.61. The fraction of sp³-hybridized carbons (Fsp3) is 0.556. The van der Waals surface area contributed by atoms with Crippen LogP contribution in [0.5, 0.6) is 0 Å². The first-order chi connectivity index (χ1) is 7.15.